The van der Waals surface area contributed by atoms with Crippen LogP contribution in [0.3, 0.4) is 0 Å². The Morgan fingerprint density at radius 1 is 1.03 bits per heavy atom. The second-order valence-electron chi connectivity index (χ2n) is 8.45. The number of hydrogen-bond donors (Lipinski definition) is 7. The second kappa shape index (κ2) is 16.7. The molecular weight excluding hydrogens is 456 g/mol. The fraction of sp³-hybridized carbons (Fsp3) is 0.583. The van der Waals surface area contributed by atoms with E-state index in [2.05, 4.69) is 21.3 Å². The highest BCUT2D eigenvalue weighted by atomic mass is 16.3. The molecular formula is C24H38N4O7. The van der Waals surface area contributed by atoms with Crippen LogP contribution in [0.15, 0.2) is 30.3 Å². The van der Waals surface area contributed by atoms with Gasteiger partial charge in [-0.3, -0.25) is 14.4 Å². The molecule has 11 heteroatoms. The van der Waals surface area contributed by atoms with E-state index in [0.717, 1.165) is 5.56 Å². The molecule has 1 aromatic rings. The maximum absolute atomic E-state index is 12.4. The third kappa shape index (κ3) is 11.9. The molecule has 0 aliphatic carbocycles. The summed E-state index contributed by atoms with van der Waals surface area (Å²) in [5.41, 5.74) is 0.893. The van der Waals surface area contributed by atoms with Crippen molar-refractivity contribution in [1.29, 1.82) is 0 Å². The lowest BCUT2D eigenvalue weighted by molar-refractivity contribution is -0.128. The van der Waals surface area contributed by atoms with Crippen LogP contribution in [-0.2, 0) is 25.6 Å². The van der Waals surface area contributed by atoms with Crippen LogP contribution in [0.1, 0.15) is 31.7 Å². The Bertz CT molecular complexity index is 793. The van der Waals surface area contributed by atoms with Crippen molar-refractivity contribution in [2.75, 3.05) is 26.7 Å². The van der Waals surface area contributed by atoms with Crippen molar-refractivity contribution in [1.82, 2.24) is 21.3 Å². The van der Waals surface area contributed by atoms with E-state index in [4.69, 9.17) is 5.11 Å². The molecule has 0 bridgehead atoms. The number of likely N-dealkylation sites (N-methyl/N-ethyl adjacent to an activating group) is 1. The van der Waals surface area contributed by atoms with E-state index in [1.165, 1.54) is 0 Å². The van der Waals surface area contributed by atoms with Gasteiger partial charge < -0.3 is 41.4 Å². The molecule has 5 atom stereocenters. The molecule has 0 heterocycles. The molecule has 0 aromatic heterocycles. The van der Waals surface area contributed by atoms with Gasteiger partial charge in [-0.15, -0.1) is 0 Å². The lowest BCUT2D eigenvalue weighted by Gasteiger charge is -2.23. The fourth-order valence-electron chi connectivity index (χ4n) is 3.41. The van der Waals surface area contributed by atoms with Gasteiger partial charge in [-0.1, -0.05) is 37.3 Å². The molecule has 0 radical (unpaired) electrons. The maximum atomic E-state index is 12.4. The van der Waals surface area contributed by atoms with Gasteiger partial charge in [0.15, 0.2) is 0 Å². The zero-order valence-electron chi connectivity index (χ0n) is 20.3. The molecule has 35 heavy (non-hydrogen) atoms. The number of hydrogen-bond acceptors (Lipinski definition) is 8. The summed E-state index contributed by atoms with van der Waals surface area (Å²) in [6.45, 7) is 1.09. The molecule has 1 rings (SSSR count). The molecule has 0 saturated heterocycles. The summed E-state index contributed by atoms with van der Waals surface area (Å²) in [5, 5.41) is 39.2. The minimum atomic E-state index is -1.18. The summed E-state index contributed by atoms with van der Waals surface area (Å²) in [4.78, 5) is 47.9. The van der Waals surface area contributed by atoms with Crippen molar-refractivity contribution in [3.05, 3.63) is 35.9 Å². The number of amides is 3. The van der Waals surface area contributed by atoms with Gasteiger partial charge in [-0.25, -0.2) is 0 Å². The monoisotopic (exact) mass is 494 g/mol. The van der Waals surface area contributed by atoms with Crippen molar-refractivity contribution >= 4 is 24.0 Å². The van der Waals surface area contributed by atoms with Gasteiger partial charge in [0, 0.05) is 19.6 Å². The highest BCUT2D eigenvalue weighted by Gasteiger charge is 2.24. The van der Waals surface area contributed by atoms with Crippen LogP contribution in [0.25, 0.3) is 0 Å². The van der Waals surface area contributed by atoms with Crippen LogP contribution >= 0.6 is 0 Å². The number of aliphatic hydroxyl groups excluding tert-OH is 3. The SMILES string of the molecule is CNC(CCC(=O)NCC(O)C(O)C(C)CCO)C(=O)NCC(=O)NC(C=O)Cc1ccccc1. The Kier molecular flexibility index (Phi) is 14.4. The van der Waals surface area contributed by atoms with Crippen LogP contribution in [0, 0.1) is 5.92 Å². The lowest BCUT2D eigenvalue weighted by Crippen LogP contribution is -2.48. The van der Waals surface area contributed by atoms with E-state index in [-0.39, 0.29) is 38.5 Å². The molecule has 0 spiro atoms. The summed E-state index contributed by atoms with van der Waals surface area (Å²) in [6.07, 6.45) is -0.845. The topological polar surface area (TPSA) is 177 Å². The Morgan fingerprint density at radius 2 is 1.71 bits per heavy atom. The molecule has 11 nitrogen and oxygen atoms in total. The predicted molar refractivity (Wildman–Crippen MR) is 129 cm³/mol. The van der Waals surface area contributed by atoms with E-state index < -0.39 is 42.0 Å². The van der Waals surface area contributed by atoms with Crippen LogP contribution in [0.2, 0.25) is 0 Å². The summed E-state index contributed by atoms with van der Waals surface area (Å²) >= 11 is 0. The Hall–Kier alpha value is -2.86. The first-order valence-electron chi connectivity index (χ1n) is 11.7. The van der Waals surface area contributed by atoms with E-state index in [0.29, 0.717) is 19.1 Å². The quantitative estimate of drug-likeness (QED) is 0.125. The molecule has 0 saturated carbocycles. The van der Waals surface area contributed by atoms with E-state index in [1.54, 1.807) is 14.0 Å². The number of aldehydes is 1. The summed E-state index contributed by atoms with van der Waals surface area (Å²) in [6, 6.07) is 7.76. The van der Waals surface area contributed by atoms with Gasteiger partial charge in [-0.2, -0.15) is 0 Å². The summed E-state index contributed by atoms with van der Waals surface area (Å²) in [5.74, 6) is -1.73. The van der Waals surface area contributed by atoms with Crippen LogP contribution in [-0.4, -0.2) is 90.4 Å². The van der Waals surface area contributed by atoms with E-state index in [9.17, 15) is 29.4 Å². The molecule has 1 aromatic carbocycles. The number of carbonyl (C=O) groups is 4. The average molecular weight is 495 g/mol. The van der Waals surface area contributed by atoms with Crippen molar-refractivity contribution < 1.29 is 34.5 Å². The molecule has 0 aliphatic heterocycles. The third-order valence-corrected chi connectivity index (χ3v) is 5.63. The van der Waals surface area contributed by atoms with Crippen molar-refractivity contribution in [3.63, 3.8) is 0 Å². The number of rotatable bonds is 17. The first-order valence-corrected chi connectivity index (χ1v) is 11.7. The van der Waals surface area contributed by atoms with E-state index in [1.807, 2.05) is 30.3 Å². The molecule has 7 N–H and O–H groups in total. The normalized spacial score (nSPS) is 15.2. The molecule has 0 fully saturated rings. The van der Waals surface area contributed by atoms with Gasteiger partial charge >= 0.3 is 0 Å². The molecule has 0 aliphatic rings. The molecule has 3 amide bonds. The standard InChI is InChI=1S/C24H38N4O7/c1-16(10-11-29)23(34)20(31)13-26-21(32)9-8-19(25-2)24(35)27-14-22(33)28-18(15-30)12-17-6-4-3-5-7-17/h3-7,15-16,18-20,23,25,29,31,34H,8-14H2,1-2H3,(H,26,32)(H,27,35)(H,28,33). The van der Waals surface area contributed by atoms with Crippen LogP contribution in [0.5, 0.6) is 0 Å². The second-order valence-corrected chi connectivity index (χ2v) is 8.45. The molecule has 5 unspecified atom stereocenters. The fourth-order valence-corrected chi connectivity index (χ4v) is 3.41. The molecule has 196 valence electrons. The van der Waals surface area contributed by atoms with Crippen molar-refractivity contribution in [2.45, 2.75) is 56.9 Å². The highest BCUT2D eigenvalue weighted by Crippen LogP contribution is 2.11. The van der Waals surface area contributed by atoms with Gasteiger partial charge in [0.05, 0.1) is 30.8 Å². The van der Waals surface area contributed by atoms with Crippen molar-refractivity contribution in [3.8, 4) is 0 Å². The Balaban J connectivity index is 2.38. The van der Waals surface area contributed by atoms with Gasteiger partial charge in [-0.05, 0) is 37.8 Å². The number of aliphatic hydroxyl groups is 3. The first kappa shape index (κ1) is 30.2. The maximum Gasteiger partial charge on any atom is 0.239 e. The minimum absolute atomic E-state index is 0.0234. The predicted octanol–water partition coefficient (Wildman–Crippen LogP) is -1.75. The zero-order valence-corrected chi connectivity index (χ0v) is 20.3. The average Bonchev–Trinajstić information content (AvgIpc) is 2.86. The number of carbonyl (C=O) groups excluding carboxylic acids is 4. The number of nitrogens with one attached hydrogen (secondary N) is 4. The van der Waals surface area contributed by atoms with Gasteiger partial charge in [0.25, 0.3) is 0 Å². The Labute approximate surface area is 205 Å². The lowest BCUT2D eigenvalue weighted by atomic mass is 9.97. The Morgan fingerprint density at radius 3 is 2.31 bits per heavy atom. The largest absolute Gasteiger partial charge is 0.396 e. The summed E-state index contributed by atoms with van der Waals surface area (Å²) in [7, 11) is 1.55. The summed E-state index contributed by atoms with van der Waals surface area (Å²) < 4.78 is 0. The van der Waals surface area contributed by atoms with E-state index >= 15 is 0 Å². The zero-order chi connectivity index (χ0) is 26.2. The van der Waals surface area contributed by atoms with Gasteiger partial charge in [0.2, 0.25) is 17.7 Å². The number of benzene rings is 1. The highest BCUT2D eigenvalue weighted by molar-refractivity contribution is 5.88. The third-order valence-electron chi connectivity index (χ3n) is 5.63. The smallest absolute Gasteiger partial charge is 0.239 e. The van der Waals surface area contributed by atoms with Gasteiger partial charge in [0.1, 0.15) is 6.29 Å². The minimum Gasteiger partial charge on any atom is -0.396 e. The first-order chi connectivity index (χ1) is 16.7. The van der Waals surface area contributed by atoms with Crippen LogP contribution in [0.4, 0.5) is 0 Å². The van der Waals surface area contributed by atoms with Crippen molar-refractivity contribution in [2.24, 2.45) is 5.92 Å². The van der Waals surface area contributed by atoms with Crippen LogP contribution < -0.4 is 21.3 Å².